The van der Waals surface area contributed by atoms with Gasteiger partial charge in [0, 0.05) is 5.39 Å². The maximum atomic E-state index is 15.1. The quantitative estimate of drug-likeness (QED) is 0.256. The molecule has 1 aliphatic carbocycles. The second kappa shape index (κ2) is 9.94. The van der Waals surface area contributed by atoms with E-state index in [1.165, 1.54) is 5.56 Å². The van der Waals surface area contributed by atoms with Crippen LogP contribution in [0.2, 0.25) is 0 Å². The Morgan fingerprint density at radius 3 is 2.24 bits per heavy atom. The van der Waals surface area contributed by atoms with Gasteiger partial charge in [-0.1, -0.05) is 36.4 Å². The van der Waals surface area contributed by atoms with Crippen LogP contribution in [0.15, 0.2) is 55.1 Å². The van der Waals surface area contributed by atoms with Gasteiger partial charge < -0.3 is 4.74 Å². The molecule has 3 aromatic rings. The molecule has 0 amide bonds. The zero-order valence-electron chi connectivity index (χ0n) is 18.1. The van der Waals surface area contributed by atoms with Crippen LogP contribution < -0.4 is 4.74 Å². The molecule has 0 heterocycles. The highest BCUT2D eigenvalue weighted by molar-refractivity contribution is 5.84. The lowest BCUT2D eigenvalue weighted by molar-refractivity contribution is -0.0546. The monoisotopic (exact) mass is 460 g/mol. The Hall–Kier alpha value is -2.89. The van der Waals surface area contributed by atoms with E-state index in [0.29, 0.717) is 22.8 Å². The first-order chi connectivity index (χ1) is 15.9. The van der Waals surface area contributed by atoms with Gasteiger partial charge in [0.15, 0.2) is 17.4 Å². The van der Waals surface area contributed by atoms with E-state index in [1.807, 2.05) is 24.3 Å². The van der Waals surface area contributed by atoms with Crippen LogP contribution in [0.4, 0.5) is 22.0 Å². The molecule has 0 N–H and O–H groups in total. The number of alkyl halides is 2. The lowest BCUT2D eigenvalue weighted by atomic mass is 9.78. The Labute approximate surface area is 189 Å². The van der Waals surface area contributed by atoms with Crippen LogP contribution in [-0.2, 0) is 12.8 Å². The maximum Gasteiger partial charge on any atom is 0.387 e. The molecule has 174 valence electrons. The molecule has 1 saturated carbocycles. The second-order valence-corrected chi connectivity index (χ2v) is 8.63. The number of hydrogen-bond donors (Lipinski definition) is 0. The third-order valence-electron chi connectivity index (χ3n) is 6.58. The highest BCUT2D eigenvalue weighted by Crippen LogP contribution is 2.37. The largest absolute Gasteiger partial charge is 0.429 e. The summed E-state index contributed by atoms with van der Waals surface area (Å²) in [4.78, 5) is 0. The lowest BCUT2D eigenvalue weighted by Gasteiger charge is -2.27. The lowest BCUT2D eigenvalue weighted by Crippen LogP contribution is -2.11. The summed E-state index contributed by atoms with van der Waals surface area (Å²) >= 11 is 0. The van der Waals surface area contributed by atoms with E-state index in [4.69, 9.17) is 0 Å². The Morgan fingerprint density at radius 1 is 0.909 bits per heavy atom. The van der Waals surface area contributed by atoms with Crippen molar-refractivity contribution in [3.8, 4) is 5.75 Å². The molecule has 0 aromatic heterocycles. The van der Waals surface area contributed by atoms with Gasteiger partial charge in [-0.05, 0) is 84.6 Å². The number of ether oxygens (including phenoxy) is 1. The van der Waals surface area contributed by atoms with Crippen molar-refractivity contribution in [3.63, 3.8) is 0 Å². The van der Waals surface area contributed by atoms with Crippen LogP contribution in [0.5, 0.6) is 5.75 Å². The molecule has 0 radical (unpaired) electrons. The highest BCUT2D eigenvalue weighted by atomic mass is 19.3. The van der Waals surface area contributed by atoms with Gasteiger partial charge in [-0.3, -0.25) is 0 Å². The van der Waals surface area contributed by atoms with Crippen molar-refractivity contribution >= 4 is 10.8 Å². The van der Waals surface area contributed by atoms with E-state index in [2.05, 4.69) is 11.3 Å². The molecule has 0 atom stereocenters. The third kappa shape index (κ3) is 5.21. The van der Waals surface area contributed by atoms with Gasteiger partial charge in [0.2, 0.25) is 0 Å². The molecule has 1 nitrogen and oxygen atoms in total. The maximum absolute atomic E-state index is 15.1. The van der Waals surface area contributed by atoms with Gasteiger partial charge in [0.1, 0.15) is 5.82 Å². The SMILES string of the molecule is C=CC1CCC(c2ccc3c(F)c(CCc4cc(F)c(OC(F)F)c(F)c4)ccc3c2)CC1. The standard InChI is InChI=1S/C27H25F5O/c1-2-16-3-6-18(7-4-16)20-11-12-22-21(15-20)10-9-19(25(22)30)8-5-17-13-23(28)26(24(29)14-17)33-27(31)32/h2,9-16,18,27H,1,3-8H2. The summed E-state index contributed by atoms with van der Waals surface area (Å²) in [5, 5.41) is 1.33. The molecule has 0 bridgehead atoms. The number of halogens is 5. The van der Waals surface area contributed by atoms with Crippen molar-refractivity contribution in [1.29, 1.82) is 0 Å². The van der Waals surface area contributed by atoms with Gasteiger partial charge in [-0.15, -0.1) is 6.58 Å². The molecular formula is C27H25F5O. The minimum absolute atomic E-state index is 0.149. The number of fused-ring (bicyclic) bond motifs is 1. The zero-order valence-corrected chi connectivity index (χ0v) is 18.1. The third-order valence-corrected chi connectivity index (χ3v) is 6.58. The molecule has 0 aliphatic heterocycles. The Bertz CT molecular complexity index is 1130. The normalized spacial score (nSPS) is 18.6. The molecule has 33 heavy (non-hydrogen) atoms. The minimum Gasteiger partial charge on any atom is -0.429 e. The molecular weight excluding hydrogens is 435 g/mol. The first kappa shape index (κ1) is 23.3. The number of allylic oxidation sites excluding steroid dienone is 1. The molecule has 4 rings (SSSR count). The van der Waals surface area contributed by atoms with Crippen LogP contribution in [0.25, 0.3) is 10.8 Å². The van der Waals surface area contributed by atoms with Crippen molar-refractivity contribution < 1.29 is 26.7 Å². The first-order valence-electron chi connectivity index (χ1n) is 11.1. The zero-order chi connectivity index (χ0) is 23.5. The fraction of sp³-hybridized carbons (Fsp3) is 0.333. The molecule has 1 aliphatic rings. The van der Waals surface area contributed by atoms with Crippen LogP contribution >= 0.6 is 0 Å². The summed E-state index contributed by atoms with van der Waals surface area (Å²) in [7, 11) is 0. The minimum atomic E-state index is -3.32. The first-order valence-corrected chi connectivity index (χ1v) is 11.1. The van der Waals surface area contributed by atoms with E-state index in [0.717, 1.165) is 43.2 Å². The highest BCUT2D eigenvalue weighted by Gasteiger charge is 2.21. The van der Waals surface area contributed by atoms with Crippen LogP contribution in [0.1, 0.15) is 48.3 Å². The summed E-state index contributed by atoms with van der Waals surface area (Å²) in [6.07, 6.45) is 6.82. The second-order valence-electron chi connectivity index (χ2n) is 8.63. The van der Waals surface area contributed by atoms with Gasteiger partial charge >= 0.3 is 6.61 Å². The van der Waals surface area contributed by atoms with Crippen molar-refractivity contribution in [2.45, 2.75) is 51.1 Å². The Kier molecular flexibility index (Phi) is 7.01. The summed E-state index contributed by atoms with van der Waals surface area (Å²) in [6, 6.07) is 11.3. The summed E-state index contributed by atoms with van der Waals surface area (Å²) in [5.74, 6) is -2.84. The van der Waals surface area contributed by atoms with E-state index in [1.54, 1.807) is 12.1 Å². The number of rotatable bonds is 7. The van der Waals surface area contributed by atoms with Crippen LogP contribution in [-0.4, -0.2) is 6.61 Å². The topological polar surface area (TPSA) is 9.23 Å². The molecule has 1 fully saturated rings. The van der Waals surface area contributed by atoms with Crippen molar-refractivity contribution in [3.05, 3.63) is 89.3 Å². The molecule has 0 spiro atoms. The molecule has 0 saturated heterocycles. The van der Waals surface area contributed by atoms with Crippen molar-refractivity contribution in [1.82, 2.24) is 0 Å². The van der Waals surface area contributed by atoms with Crippen molar-refractivity contribution in [2.24, 2.45) is 5.92 Å². The number of benzene rings is 3. The van der Waals surface area contributed by atoms with E-state index in [9.17, 15) is 17.6 Å². The summed E-state index contributed by atoms with van der Waals surface area (Å²) < 4.78 is 71.5. The number of hydrogen-bond acceptors (Lipinski definition) is 1. The fourth-order valence-corrected chi connectivity index (χ4v) is 4.73. The molecule has 6 heteroatoms. The van der Waals surface area contributed by atoms with Gasteiger partial charge in [-0.2, -0.15) is 8.78 Å². The van der Waals surface area contributed by atoms with Crippen LogP contribution in [0.3, 0.4) is 0 Å². The fourth-order valence-electron chi connectivity index (χ4n) is 4.73. The predicted molar refractivity (Wildman–Crippen MR) is 119 cm³/mol. The van der Waals surface area contributed by atoms with Gasteiger partial charge in [0.25, 0.3) is 0 Å². The van der Waals surface area contributed by atoms with Crippen LogP contribution in [0, 0.1) is 23.4 Å². The average molecular weight is 460 g/mol. The smallest absolute Gasteiger partial charge is 0.387 e. The average Bonchev–Trinajstić information content (AvgIpc) is 2.81. The van der Waals surface area contributed by atoms with E-state index < -0.39 is 24.0 Å². The summed E-state index contributed by atoms with van der Waals surface area (Å²) in [6.45, 7) is 0.561. The molecule has 3 aromatic carbocycles. The van der Waals surface area contributed by atoms with Gasteiger partial charge in [-0.25, -0.2) is 13.2 Å². The molecule has 0 unspecified atom stereocenters. The van der Waals surface area contributed by atoms with E-state index >= 15 is 4.39 Å². The number of aryl methyl sites for hydroxylation is 2. The van der Waals surface area contributed by atoms with Crippen molar-refractivity contribution in [2.75, 3.05) is 0 Å². The van der Waals surface area contributed by atoms with Gasteiger partial charge in [0.05, 0.1) is 0 Å². The van der Waals surface area contributed by atoms with E-state index in [-0.39, 0.29) is 24.2 Å². The summed E-state index contributed by atoms with van der Waals surface area (Å²) in [5.41, 5.74) is 1.88. The predicted octanol–water partition coefficient (Wildman–Crippen LogP) is 8.10. The Morgan fingerprint density at radius 2 is 1.61 bits per heavy atom. The Balaban J connectivity index is 1.49.